The van der Waals surface area contributed by atoms with Gasteiger partial charge in [-0.25, -0.2) is 4.79 Å². The van der Waals surface area contributed by atoms with E-state index in [0.29, 0.717) is 12.5 Å². The standard InChI is InChI=1S/C18H26N2O2/c1-13(2)16-11-15(20-12-14(3)22-18(20)21)7-8-17(16)19-9-5-4-6-10-19/h7-8,11,13-14H,4-6,9-10,12H2,1-3H3. The molecule has 0 radical (unpaired) electrons. The van der Waals surface area contributed by atoms with Crippen LogP contribution in [0.4, 0.5) is 16.2 Å². The maximum absolute atomic E-state index is 11.9. The van der Waals surface area contributed by atoms with Gasteiger partial charge in [0.05, 0.1) is 6.54 Å². The van der Waals surface area contributed by atoms with Crippen molar-refractivity contribution in [2.24, 2.45) is 0 Å². The summed E-state index contributed by atoms with van der Waals surface area (Å²) in [5.74, 6) is 0.438. The van der Waals surface area contributed by atoms with E-state index in [2.05, 4.69) is 36.9 Å². The number of benzene rings is 1. The van der Waals surface area contributed by atoms with Crippen LogP contribution in [-0.4, -0.2) is 31.8 Å². The smallest absolute Gasteiger partial charge is 0.414 e. The van der Waals surface area contributed by atoms with E-state index in [1.807, 2.05) is 6.92 Å². The molecule has 2 saturated heterocycles. The molecule has 1 amide bonds. The lowest BCUT2D eigenvalue weighted by atomic mass is 9.98. The number of nitrogens with zero attached hydrogens (tertiary/aromatic N) is 2. The summed E-state index contributed by atoms with van der Waals surface area (Å²) < 4.78 is 5.25. The van der Waals surface area contributed by atoms with E-state index in [4.69, 9.17) is 4.74 Å². The van der Waals surface area contributed by atoms with Crippen molar-refractivity contribution in [2.75, 3.05) is 29.4 Å². The van der Waals surface area contributed by atoms with Gasteiger partial charge in [-0.2, -0.15) is 0 Å². The number of carbonyl (C=O) groups excluding carboxylic acids is 1. The first-order chi connectivity index (χ1) is 10.6. The molecule has 4 heteroatoms. The summed E-state index contributed by atoms with van der Waals surface area (Å²) in [4.78, 5) is 16.2. The van der Waals surface area contributed by atoms with E-state index < -0.39 is 0 Å². The molecule has 22 heavy (non-hydrogen) atoms. The molecule has 0 aromatic heterocycles. The fourth-order valence-corrected chi connectivity index (χ4v) is 3.41. The van der Waals surface area contributed by atoms with Crippen molar-refractivity contribution >= 4 is 17.5 Å². The molecule has 1 atom stereocenters. The number of piperidine rings is 1. The number of amides is 1. The van der Waals surface area contributed by atoms with Gasteiger partial charge in [-0.05, 0) is 55.9 Å². The SMILES string of the molecule is CC1CN(c2ccc(N3CCCCC3)c(C(C)C)c2)C(=O)O1. The summed E-state index contributed by atoms with van der Waals surface area (Å²) in [5.41, 5.74) is 3.62. The van der Waals surface area contributed by atoms with E-state index in [1.54, 1.807) is 4.90 Å². The van der Waals surface area contributed by atoms with Crippen molar-refractivity contribution in [3.8, 4) is 0 Å². The Morgan fingerprint density at radius 1 is 1.18 bits per heavy atom. The monoisotopic (exact) mass is 302 g/mol. The number of hydrogen-bond donors (Lipinski definition) is 0. The van der Waals surface area contributed by atoms with Crippen molar-refractivity contribution < 1.29 is 9.53 Å². The second-order valence-corrected chi connectivity index (χ2v) is 6.75. The van der Waals surface area contributed by atoms with Crippen LogP contribution in [0.3, 0.4) is 0 Å². The molecule has 0 saturated carbocycles. The van der Waals surface area contributed by atoms with Crippen LogP contribution in [0.1, 0.15) is 51.5 Å². The molecular formula is C18H26N2O2. The lowest BCUT2D eigenvalue weighted by Crippen LogP contribution is -2.30. The molecule has 2 aliphatic rings. The van der Waals surface area contributed by atoms with Crippen molar-refractivity contribution in [1.82, 2.24) is 0 Å². The maximum atomic E-state index is 11.9. The van der Waals surface area contributed by atoms with Crippen LogP contribution >= 0.6 is 0 Å². The van der Waals surface area contributed by atoms with Crippen molar-refractivity contribution in [1.29, 1.82) is 0 Å². The predicted molar refractivity (Wildman–Crippen MR) is 89.9 cm³/mol. The minimum Gasteiger partial charge on any atom is -0.444 e. The summed E-state index contributed by atoms with van der Waals surface area (Å²) in [6.45, 7) is 9.29. The summed E-state index contributed by atoms with van der Waals surface area (Å²) in [5, 5.41) is 0. The predicted octanol–water partition coefficient (Wildman–Crippen LogP) is 4.15. The highest BCUT2D eigenvalue weighted by Gasteiger charge is 2.30. The van der Waals surface area contributed by atoms with Gasteiger partial charge in [0.2, 0.25) is 0 Å². The normalized spacial score (nSPS) is 22.4. The molecule has 0 aliphatic carbocycles. The highest BCUT2D eigenvalue weighted by Crippen LogP contribution is 2.34. The summed E-state index contributed by atoms with van der Waals surface area (Å²) in [6, 6.07) is 6.43. The Kier molecular flexibility index (Phi) is 4.27. The Labute approximate surface area is 133 Å². The van der Waals surface area contributed by atoms with Crippen molar-refractivity contribution in [3.63, 3.8) is 0 Å². The fourth-order valence-electron chi connectivity index (χ4n) is 3.41. The number of hydrogen-bond acceptors (Lipinski definition) is 3. The van der Waals surface area contributed by atoms with Crippen LogP contribution in [-0.2, 0) is 4.74 Å². The lowest BCUT2D eigenvalue weighted by Gasteiger charge is -2.32. The first-order valence-corrected chi connectivity index (χ1v) is 8.43. The zero-order valence-corrected chi connectivity index (χ0v) is 13.8. The van der Waals surface area contributed by atoms with Gasteiger partial charge < -0.3 is 9.64 Å². The molecule has 120 valence electrons. The van der Waals surface area contributed by atoms with E-state index in [0.717, 1.165) is 18.8 Å². The molecule has 2 fully saturated rings. The average molecular weight is 302 g/mol. The highest BCUT2D eigenvalue weighted by atomic mass is 16.6. The fraction of sp³-hybridized carbons (Fsp3) is 0.611. The van der Waals surface area contributed by atoms with Crippen LogP contribution in [0.5, 0.6) is 0 Å². The molecule has 3 rings (SSSR count). The largest absolute Gasteiger partial charge is 0.444 e. The Morgan fingerprint density at radius 3 is 2.50 bits per heavy atom. The summed E-state index contributed by atoms with van der Waals surface area (Å²) >= 11 is 0. The van der Waals surface area contributed by atoms with E-state index in [-0.39, 0.29) is 12.2 Å². The van der Waals surface area contributed by atoms with Gasteiger partial charge in [-0.3, -0.25) is 4.90 Å². The number of rotatable bonds is 3. The second kappa shape index (κ2) is 6.19. The van der Waals surface area contributed by atoms with Gasteiger partial charge in [-0.15, -0.1) is 0 Å². The van der Waals surface area contributed by atoms with Gasteiger partial charge in [0, 0.05) is 24.5 Å². The number of carbonyl (C=O) groups is 1. The van der Waals surface area contributed by atoms with E-state index >= 15 is 0 Å². The molecule has 1 aromatic carbocycles. The molecule has 0 N–H and O–H groups in total. The Bertz CT molecular complexity index is 550. The first kappa shape index (κ1) is 15.2. The van der Waals surface area contributed by atoms with Gasteiger partial charge in [0.15, 0.2) is 0 Å². The van der Waals surface area contributed by atoms with E-state index in [1.165, 1.54) is 30.5 Å². The Balaban J connectivity index is 1.91. The Hall–Kier alpha value is -1.71. The molecule has 4 nitrogen and oxygen atoms in total. The minimum atomic E-state index is -0.229. The van der Waals surface area contributed by atoms with Gasteiger partial charge in [0.25, 0.3) is 0 Å². The molecule has 1 unspecified atom stereocenters. The number of cyclic esters (lactones) is 1. The van der Waals surface area contributed by atoms with Gasteiger partial charge >= 0.3 is 6.09 Å². The zero-order chi connectivity index (χ0) is 15.7. The van der Waals surface area contributed by atoms with Crippen LogP contribution in [0, 0.1) is 0 Å². The molecule has 2 heterocycles. The third-order valence-electron chi connectivity index (χ3n) is 4.60. The Morgan fingerprint density at radius 2 is 1.91 bits per heavy atom. The second-order valence-electron chi connectivity index (χ2n) is 6.75. The third-order valence-corrected chi connectivity index (χ3v) is 4.60. The summed E-state index contributed by atoms with van der Waals surface area (Å²) in [7, 11) is 0. The lowest BCUT2D eigenvalue weighted by molar-refractivity contribution is 0.150. The van der Waals surface area contributed by atoms with Gasteiger partial charge in [-0.1, -0.05) is 13.8 Å². The van der Waals surface area contributed by atoms with Crippen molar-refractivity contribution in [2.45, 2.75) is 52.1 Å². The van der Waals surface area contributed by atoms with E-state index in [9.17, 15) is 4.79 Å². The highest BCUT2D eigenvalue weighted by molar-refractivity contribution is 5.90. The molecule has 1 aromatic rings. The number of ether oxygens (including phenoxy) is 1. The molecular weight excluding hydrogens is 276 g/mol. The molecule has 0 bridgehead atoms. The molecule has 0 spiro atoms. The van der Waals surface area contributed by atoms with Crippen LogP contribution in [0.15, 0.2) is 18.2 Å². The average Bonchev–Trinajstić information content (AvgIpc) is 2.86. The minimum absolute atomic E-state index is 0.0308. The molecule has 2 aliphatic heterocycles. The third kappa shape index (κ3) is 2.92. The number of anilines is 2. The van der Waals surface area contributed by atoms with Crippen LogP contribution in [0.25, 0.3) is 0 Å². The van der Waals surface area contributed by atoms with Crippen molar-refractivity contribution in [3.05, 3.63) is 23.8 Å². The quantitative estimate of drug-likeness (QED) is 0.841. The maximum Gasteiger partial charge on any atom is 0.414 e. The zero-order valence-electron chi connectivity index (χ0n) is 13.8. The van der Waals surface area contributed by atoms with Gasteiger partial charge in [0.1, 0.15) is 6.10 Å². The summed E-state index contributed by atoms with van der Waals surface area (Å²) in [6.07, 6.45) is 3.62. The topological polar surface area (TPSA) is 32.8 Å². The van der Waals surface area contributed by atoms with Crippen LogP contribution in [0.2, 0.25) is 0 Å². The first-order valence-electron chi connectivity index (χ1n) is 8.43. The van der Waals surface area contributed by atoms with Crippen LogP contribution < -0.4 is 9.80 Å².